The molecule has 1 saturated heterocycles. The van der Waals surface area contributed by atoms with Crippen LogP contribution in [0.5, 0.6) is 0 Å². The Hall–Kier alpha value is -0.950. The summed E-state index contributed by atoms with van der Waals surface area (Å²) in [4.78, 5) is 23.7. The number of carbonyl (C=O) groups is 2. The predicted octanol–water partition coefficient (Wildman–Crippen LogP) is 1.70. The van der Waals surface area contributed by atoms with Crippen LogP contribution in [0.3, 0.4) is 0 Å². The Kier molecular flexibility index (Phi) is 9.40. The molecule has 2 amide bonds. The van der Waals surface area contributed by atoms with E-state index in [0.717, 1.165) is 18.1 Å². The van der Waals surface area contributed by atoms with Gasteiger partial charge in [-0.2, -0.15) is 11.8 Å². The van der Waals surface area contributed by atoms with Crippen molar-refractivity contribution in [2.75, 3.05) is 31.1 Å². The Morgan fingerprint density at radius 2 is 2.00 bits per heavy atom. The van der Waals surface area contributed by atoms with Crippen LogP contribution in [0.4, 0.5) is 0 Å². The monoisotopic (exact) mass is 377 g/mol. The first kappa shape index (κ1) is 20.1. The minimum Gasteiger partial charge on any atom is -0.354 e. The van der Waals surface area contributed by atoms with Crippen LogP contribution in [0, 0.1) is 0 Å². The number of hydrogen-bond acceptors (Lipinski definition) is 4. The molecule has 1 heterocycles. The largest absolute Gasteiger partial charge is 0.354 e. The molecule has 0 bridgehead atoms. The topological polar surface area (TPSA) is 70.2 Å². The van der Waals surface area contributed by atoms with Gasteiger partial charge in [0.2, 0.25) is 5.91 Å². The fourth-order valence-corrected chi connectivity index (χ4v) is 3.34. The van der Waals surface area contributed by atoms with Gasteiger partial charge in [0.1, 0.15) is 0 Å². The number of amides is 2. The second-order valence-corrected chi connectivity index (χ2v) is 6.57. The van der Waals surface area contributed by atoms with Crippen molar-refractivity contribution in [3.8, 4) is 0 Å². The third kappa shape index (κ3) is 6.99. The van der Waals surface area contributed by atoms with Crippen molar-refractivity contribution in [1.29, 1.82) is 0 Å². The first-order valence-electron chi connectivity index (χ1n) is 7.27. The Morgan fingerprint density at radius 1 is 1.26 bits per heavy atom. The summed E-state index contributed by atoms with van der Waals surface area (Å²) < 4.78 is 0. The van der Waals surface area contributed by atoms with Crippen molar-refractivity contribution < 1.29 is 9.59 Å². The first-order valence-corrected chi connectivity index (χ1v) is 8.80. The molecule has 1 aromatic carbocycles. The van der Waals surface area contributed by atoms with E-state index in [1.165, 1.54) is 0 Å². The van der Waals surface area contributed by atoms with Gasteiger partial charge in [0, 0.05) is 43.6 Å². The SMILES string of the molecule is Cl.O=C(CC1CSCCN1)NCCNC(=O)c1ccccc1Cl. The highest BCUT2D eigenvalue weighted by atomic mass is 35.5. The second kappa shape index (κ2) is 10.8. The maximum absolute atomic E-state index is 11.9. The Balaban J connectivity index is 0.00000264. The van der Waals surface area contributed by atoms with E-state index < -0.39 is 0 Å². The molecule has 1 aliphatic heterocycles. The fourth-order valence-electron chi connectivity index (χ4n) is 2.17. The zero-order valence-electron chi connectivity index (χ0n) is 12.6. The maximum atomic E-state index is 11.9. The highest BCUT2D eigenvalue weighted by Crippen LogP contribution is 2.14. The fraction of sp³-hybridized carbons (Fsp3) is 0.467. The highest BCUT2D eigenvalue weighted by Gasteiger charge is 2.16. The smallest absolute Gasteiger partial charge is 0.252 e. The lowest BCUT2D eigenvalue weighted by Gasteiger charge is -2.22. The molecular formula is C15H21Cl2N3O2S. The van der Waals surface area contributed by atoms with Gasteiger partial charge >= 0.3 is 0 Å². The Bertz CT molecular complexity index is 525. The van der Waals surface area contributed by atoms with E-state index in [2.05, 4.69) is 16.0 Å². The van der Waals surface area contributed by atoms with Gasteiger partial charge in [0.15, 0.2) is 0 Å². The van der Waals surface area contributed by atoms with Crippen molar-refractivity contribution in [3.05, 3.63) is 34.9 Å². The molecule has 23 heavy (non-hydrogen) atoms. The summed E-state index contributed by atoms with van der Waals surface area (Å²) in [6.07, 6.45) is 0.478. The minimum atomic E-state index is -0.231. The molecule has 2 rings (SSSR count). The van der Waals surface area contributed by atoms with Gasteiger partial charge in [-0.05, 0) is 12.1 Å². The van der Waals surface area contributed by atoms with Crippen LogP contribution in [0.2, 0.25) is 5.02 Å². The normalized spacial score (nSPS) is 17.0. The lowest BCUT2D eigenvalue weighted by molar-refractivity contribution is -0.121. The predicted molar refractivity (Wildman–Crippen MR) is 97.8 cm³/mol. The molecular weight excluding hydrogens is 357 g/mol. The molecule has 3 N–H and O–H groups in total. The van der Waals surface area contributed by atoms with E-state index in [1.54, 1.807) is 24.3 Å². The van der Waals surface area contributed by atoms with E-state index in [1.807, 2.05) is 11.8 Å². The summed E-state index contributed by atoms with van der Waals surface area (Å²) in [5.74, 6) is 1.85. The average molecular weight is 378 g/mol. The standard InChI is InChI=1S/C15H20ClN3O2S.ClH/c16-13-4-2-1-3-12(13)15(21)19-6-5-18-14(20)9-11-10-22-8-7-17-11;/h1-4,11,17H,5-10H2,(H,18,20)(H,19,21);1H. The quantitative estimate of drug-likeness (QED) is 0.659. The summed E-state index contributed by atoms with van der Waals surface area (Å²) in [7, 11) is 0. The summed E-state index contributed by atoms with van der Waals surface area (Å²) in [6, 6.07) is 7.13. The van der Waals surface area contributed by atoms with E-state index >= 15 is 0 Å². The number of halogens is 2. The molecule has 8 heteroatoms. The van der Waals surface area contributed by atoms with Crippen molar-refractivity contribution >= 4 is 47.6 Å². The van der Waals surface area contributed by atoms with Gasteiger partial charge in [-0.25, -0.2) is 0 Å². The summed E-state index contributed by atoms with van der Waals surface area (Å²) >= 11 is 7.82. The number of hydrogen-bond donors (Lipinski definition) is 3. The molecule has 0 aliphatic carbocycles. The van der Waals surface area contributed by atoms with Crippen LogP contribution < -0.4 is 16.0 Å². The molecule has 128 valence electrons. The molecule has 5 nitrogen and oxygen atoms in total. The van der Waals surface area contributed by atoms with E-state index in [9.17, 15) is 9.59 Å². The van der Waals surface area contributed by atoms with Gasteiger partial charge in [-0.3, -0.25) is 9.59 Å². The van der Waals surface area contributed by atoms with Gasteiger partial charge in [0.05, 0.1) is 10.6 Å². The van der Waals surface area contributed by atoms with Crippen molar-refractivity contribution in [3.63, 3.8) is 0 Å². The zero-order chi connectivity index (χ0) is 15.8. The first-order chi connectivity index (χ1) is 10.7. The number of benzene rings is 1. The lowest BCUT2D eigenvalue weighted by atomic mass is 10.2. The summed E-state index contributed by atoms with van der Waals surface area (Å²) in [6.45, 7) is 1.74. The van der Waals surface area contributed by atoms with Gasteiger partial charge in [0.25, 0.3) is 5.91 Å². The Morgan fingerprint density at radius 3 is 2.70 bits per heavy atom. The molecule has 0 spiro atoms. The molecule has 1 unspecified atom stereocenters. The van der Waals surface area contributed by atoms with Gasteiger partial charge in [-0.1, -0.05) is 23.7 Å². The second-order valence-electron chi connectivity index (χ2n) is 5.02. The third-order valence-electron chi connectivity index (χ3n) is 3.28. The average Bonchev–Trinajstić information content (AvgIpc) is 2.53. The molecule has 0 radical (unpaired) electrons. The Labute approximate surface area is 151 Å². The maximum Gasteiger partial charge on any atom is 0.252 e. The summed E-state index contributed by atoms with van der Waals surface area (Å²) in [5, 5.41) is 9.30. The minimum absolute atomic E-state index is 0. The van der Waals surface area contributed by atoms with Gasteiger partial charge in [-0.15, -0.1) is 12.4 Å². The zero-order valence-corrected chi connectivity index (χ0v) is 15.0. The number of nitrogens with one attached hydrogen (secondary N) is 3. The number of rotatable bonds is 6. The van der Waals surface area contributed by atoms with Crippen molar-refractivity contribution in [2.45, 2.75) is 12.5 Å². The molecule has 1 aromatic rings. The van der Waals surface area contributed by atoms with Crippen molar-refractivity contribution in [2.24, 2.45) is 0 Å². The van der Waals surface area contributed by atoms with Crippen LogP contribution >= 0.6 is 35.8 Å². The molecule has 0 aromatic heterocycles. The number of thioether (sulfide) groups is 1. The van der Waals surface area contributed by atoms with E-state index in [4.69, 9.17) is 11.6 Å². The van der Waals surface area contributed by atoms with Crippen LogP contribution in [0.15, 0.2) is 24.3 Å². The van der Waals surface area contributed by atoms with E-state index in [0.29, 0.717) is 30.1 Å². The third-order valence-corrected chi connectivity index (χ3v) is 4.74. The van der Waals surface area contributed by atoms with Crippen LogP contribution in [0.25, 0.3) is 0 Å². The molecule has 1 atom stereocenters. The molecule has 0 saturated carbocycles. The summed E-state index contributed by atoms with van der Waals surface area (Å²) in [5.41, 5.74) is 0.443. The highest BCUT2D eigenvalue weighted by molar-refractivity contribution is 7.99. The molecule has 1 aliphatic rings. The van der Waals surface area contributed by atoms with Crippen molar-refractivity contribution in [1.82, 2.24) is 16.0 Å². The van der Waals surface area contributed by atoms with Crippen LogP contribution in [-0.2, 0) is 4.79 Å². The van der Waals surface area contributed by atoms with Crippen LogP contribution in [0.1, 0.15) is 16.8 Å². The molecule has 1 fully saturated rings. The number of carbonyl (C=O) groups excluding carboxylic acids is 2. The van der Waals surface area contributed by atoms with Crippen LogP contribution in [-0.4, -0.2) is 49.0 Å². The van der Waals surface area contributed by atoms with Gasteiger partial charge < -0.3 is 16.0 Å². The van der Waals surface area contributed by atoms with E-state index in [-0.39, 0.29) is 30.3 Å². The lowest BCUT2D eigenvalue weighted by Crippen LogP contribution is -2.42.